The van der Waals surface area contributed by atoms with Gasteiger partial charge in [0.1, 0.15) is 6.54 Å². The molecule has 0 bridgehead atoms. The molecule has 1 heterocycles. The summed E-state index contributed by atoms with van der Waals surface area (Å²) in [6.45, 7) is 1.36. The first-order valence-electron chi connectivity index (χ1n) is 4.25. The van der Waals surface area contributed by atoms with Crippen LogP contribution in [-0.2, 0) is 19.4 Å². The summed E-state index contributed by atoms with van der Waals surface area (Å²) in [5, 5.41) is 15.7. The Kier molecular flexibility index (Phi) is 3.51. The Hall–Kier alpha value is -1.51. The Balaban J connectivity index is 2.90. The van der Waals surface area contributed by atoms with Gasteiger partial charge in [-0.25, -0.2) is 13.5 Å². The Labute approximate surface area is 80.1 Å². The van der Waals surface area contributed by atoms with E-state index in [0.29, 0.717) is 17.8 Å². The average molecular weight is 200 g/mol. The van der Waals surface area contributed by atoms with Gasteiger partial charge in [0, 0.05) is 0 Å². The van der Waals surface area contributed by atoms with Gasteiger partial charge in [-0.15, -0.1) is 5.10 Å². The molecular formula is C8H10F2N4. The van der Waals surface area contributed by atoms with E-state index in [1.54, 1.807) is 0 Å². The predicted octanol–water partition coefficient (Wildman–Crippen LogP) is 1.17. The summed E-state index contributed by atoms with van der Waals surface area (Å²) in [5.74, 6) is 0. The minimum absolute atomic E-state index is 0.117. The molecule has 1 aromatic rings. The van der Waals surface area contributed by atoms with E-state index in [1.807, 2.05) is 13.0 Å². The number of hydrogen-bond acceptors (Lipinski definition) is 3. The highest BCUT2D eigenvalue weighted by atomic mass is 19.3. The van der Waals surface area contributed by atoms with Gasteiger partial charge < -0.3 is 0 Å². The summed E-state index contributed by atoms with van der Waals surface area (Å²) >= 11 is 0. The minimum atomic E-state index is -2.45. The van der Waals surface area contributed by atoms with Gasteiger partial charge in [0.25, 0.3) is 6.43 Å². The van der Waals surface area contributed by atoms with Crippen LogP contribution in [-0.4, -0.2) is 21.4 Å². The Bertz CT molecular complexity index is 340. The fourth-order valence-electron chi connectivity index (χ4n) is 1.24. The van der Waals surface area contributed by atoms with Crippen molar-refractivity contribution < 1.29 is 8.78 Å². The molecule has 0 saturated heterocycles. The minimum Gasteiger partial charge on any atom is -0.243 e. The molecule has 0 aliphatic heterocycles. The summed E-state index contributed by atoms with van der Waals surface area (Å²) in [5.41, 5.74) is 1.11. The second-order valence-electron chi connectivity index (χ2n) is 2.74. The maximum Gasteiger partial charge on any atom is 0.257 e. The van der Waals surface area contributed by atoms with Crippen molar-refractivity contribution in [3.63, 3.8) is 0 Å². The quantitative estimate of drug-likeness (QED) is 0.733. The number of aromatic nitrogens is 3. The Morgan fingerprint density at radius 2 is 2.29 bits per heavy atom. The number of nitriles is 1. The third-order valence-corrected chi connectivity index (χ3v) is 1.81. The van der Waals surface area contributed by atoms with Crippen molar-refractivity contribution in [1.29, 1.82) is 5.26 Å². The molecule has 0 aliphatic rings. The number of nitrogens with zero attached hydrogens (tertiary/aromatic N) is 4. The van der Waals surface area contributed by atoms with Crippen molar-refractivity contribution in [3.05, 3.63) is 11.4 Å². The van der Waals surface area contributed by atoms with Crippen molar-refractivity contribution in [2.24, 2.45) is 0 Å². The zero-order valence-electron chi connectivity index (χ0n) is 7.74. The van der Waals surface area contributed by atoms with Gasteiger partial charge in [0.2, 0.25) is 0 Å². The number of hydrogen-bond donors (Lipinski definition) is 0. The molecule has 76 valence electrons. The number of halogens is 2. The van der Waals surface area contributed by atoms with Crippen LogP contribution in [0.25, 0.3) is 0 Å². The average Bonchev–Trinajstić information content (AvgIpc) is 2.47. The van der Waals surface area contributed by atoms with E-state index in [2.05, 4.69) is 10.3 Å². The molecule has 0 saturated carbocycles. The van der Waals surface area contributed by atoms with Crippen LogP contribution in [0.15, 0.2) is 0 Å². The molecule has 0 aliphatic carbocycles. The third-order valence-electron chi connectivity index (χ3n) is 1.81. The molecule has 1 rings (SSSR count). The molecule has 4 nitrogen and oxygen atoms in total. The topological polar surface area (TPSA) is 54.5 Å². The molecular weight excluding hydrogens is 190 g/mol. The highest BCUT2D eigenvalue weighted by Crippen LogP contribution is 2.09. The maximum atomic E-state index is 12.1. The molecule has 0 amide bonds. The molecule has 14 heavy (non-hydrogen) atoms. The van der Waals surface area contributed by atoms with E-state index < -0.39 is 13.0 Å². The van der Waals surface area contributed by atoms with Crippen molar-refractivity contribution in [2.75, 3.05) is 0 Å². The lowest BCUT2D eigenvalue weighted by Crippen LogP contribution is -2.11. The molecule has 0 aromatic carbocycles. The summed E-state index contributed by atoms with van der Waals surface area (Å²) in [4.78, 5) is 0. The van der Waals surface area contributed by atoms with Crippen molar-refractivity contribution in [1.82, 2.24) is 15.0 Å². The van der Waals surface area contributed by atoms with Crippen LogP contribution in [0.1, 0.15) is 18.3 Å². The van der Waals surface area contributed by atoms with Crippen LogP contribution >= 0.6 is 0 Å². The smallest absolute Gasteiger partial charge is 0.243 e. The standard InChI is InChI=1S/C8H10F2N4/c1-2-7-6(3-4-11)12-13-14(7)5-8(9)10/h8H,2-3,5H2,1H3. The fraction of sp³-hybridized carbons (Fsp3) is 0.625. The second kappa shape index (κ2) is 4.65. The molecule has 0 spiro atoms. The first kappa shape index (κ1) is 10.6. The highest BCUT2D eigenvalue weighted by molar-refractivity contribution is 5.14. The maximum absolute atomic E-state index is 12.1. The van der Waals surface area contributed by atoms with Crippen molar-refractivity contribution in [2.45, 2.75) is 32.7 Å². The van der Waals surface area contributed by atoms with Crippen LogP contribution in [0.5, 0.6) is 0 Å². The van der Waals surface area contributed by atoms with Crippen LogP contribution in [0, 0.1) is 11.3 Å². The monoisotopic (exact) mass is 200 g/mol. The molecule has 0 N–H and O–H groups in total. The van der Waals surface area contributed by atoms with E-state index in [1.165, 1.54) is 0 Å². The zero-order valence-corrected chi connectivity index (χ0v) is 7.74. The largest absolute Gasteiger partial charge is 0.257 e. The Morgan fingerprint density at radius 3 is 2.79 bits per heavy atom. The SMILES string of the molecule is CCc1c(CC#N)nnn1CC(F)F. The second-order valence-corrected chi connectivity index (χ2v) is 2.74. The first-order chi connectivity index (χ1) is 6.69. The molecule has 0 unspecified atom stereocenters. The van der Waals surface area contributed by atoms with Gasteiger partial charge in [-0.2, -0.15) is 5.26 Å². The fourth-order valence-corrected chi connectivity index (χ4v) is 1.24. The number of alkyl halides is 2. The van der Waals surface area contributed by atoms with E-state index in [4.69, 9.17) is 5.26 Å². The normalized spacial score (nSPS) is 10.5. The van der Waals surface area contributed by atoms with E-state index >= 15 is 0 Å². The van der Waals surface area contributed by atoms with Crippen molar-refractivity contribution >= 4 is 0 Å². The molecule has 6 heteroatoms. The van der Waals surface area contributed by atoms with Gasteiger partial charge >= 0.3 is 0 Å². The van der Waals surface area contributed by atoms with Gasteiger partial charge in [-0.3, -0.25) is 0 Å². The number of rotatable bonds is 4. The van der Waals surface area contributed by atoms with E-state index in [9.17, 15) is 8.78 Å². The van der Waals surface area contributed by atoms with E-state index in [0.717, 1.165) is 4.68 Å². The lowest BCUT2D eigenvalue weighted by atomic mass is 10.2. The highest BCUT2D eigenvalue weighted by Gasteiger charge is 2.13. The van der Waals surface area contributed by atoms with Gasteiger partial charge in [-0.05, 0) is 6.42 Å². The molecule has 1 aromatic heterocycles. The summed E-state index contributed by atoms with van der Waals surface area (Å²) in [6, 6.07) is 1.92. The Morgan fingerprint density at radius 1 is 1.57 bits per heavy atom. The summed E-state index contributed by atoms with van der Waals surface area (Å²) in [7, 11) is 0. The lowest BCUT2D eigenvalue weighted by Gasteiger charge is -2.03. The van der Waals surface area contributed by atoms with E-state index in [-0.39, 0.29) is 6.42 Å². The van der Waals surface area contributed by atoms with Gasteiger partial charge in [0.15, 0.2) is 0 Å². The third kappa shape index (κ3) is 2.25. The van der Waals surface area contributed by atoms with Crippen LogP contribution in [0.2, 0.25) is 0 Å². The van der Waals surface area contributed by atoms with Crippen molar-refractivity contribution in [3.8, 4) is 6.07 Å². The van der Waals surface area contributed by atoms with Crippen LogP contribution in [0.3, 0.4) is 0 Å². The molecule has 0 radical (unpaired) electrons. The predicted molar refractivity (Wildman–Crippen MR) is 44.7 cm³/mol. The first-order valence-corrected chi connectivity index (χ1v) is 4.25. The summed E-state index contributed by atoms with van der Waals surface area (Å²) in [6.07, 6.45) is -1.78. The molecule has 0 atom stereocenters. The van der Waals surface area contributed by atoms with Crippen LogP contribution < -0.4 is 0 Å². The van der Waals surface area contributed by atoms with Gasteiger partial charge in [-0.1, -0.05) is 12.1 Å². The van der Waals surface area contributed by atoms with Gasteiger partial charge in [0.05, 0.1) is 23.9 Å². The lowest BCUT2D eigenvalue weighted by molar-refractivity contribution is 0.120. The molecule has 0 fully saturated rings. The summed E-state index contributed by atoms with van der Waals surface area (Å²) < 4.78 is 25.3. The zero-order chi connectivity index (χ0) is 10.6. The van der Waals surface area contributed by atoms with Crippen LogP contribution in [0.4, 0.5) is 8.78 Å².